The molecule has 23 heavy (non-hydrogen) atoms. The van der Waals surface area contributed by atoms with E-state index in [0.717, 1.165) is 11.1 Å². The van der Waals surface area contributed by atoms with Crippen LogP contribution in [0.3, 0.4) is 0 Å². The van der Waals surface area contributed by atoms with E-state index in [2.05, 4.69) is 0 Å². The highest BCUT2D eigenvalue weighted by atomic mass is 16.6. The third kappa shape index (κ3) is 3.26. The molecule has 4 nitrogen and oxygen atoms in total. The SMILES string of the molecule is C[C@H]1OC(=O)N(C(=O)CCc2ccccc2)[C@H]1c1ccccc1. The highest BCUT2D eigenvalue weighted by Crippen LogP contribution is 2.33. The quantitative estimate of drug-likeness (QED) is 0.864. The molecule has 0 aromatic heterocycles. The molecule has 1 fully saturated rings. The fourth-order valence-corrected chi connectivity index (χ4v) is 2.95. The fraction of sp³-hybridized carbons (Fsp3) is 0.263. The summed E-state index contributed by atoms with van der Waals surface area (Å²) in [6, 6.07) is 19.0. The predicted molar refractivity (Wildman–Crippen MR) is 86.7 cm³/mol. The maximum Gasteiger partial charge on any atom is 0.417 e. The Morgan fingerprint density at radius 2 is 1.65 bits per heavy atom. The van der Waals surface area contributed by atoms with Crippen LogP contribution in [0.4, 0.5) is 4.79 Å². The lowest BCUT2D eigenvalue weighted by molar-refractivity contribution is -0.129. The Morgan fingerprint density at radius 1 is 1.04 bits per heavy atom. The van der Waals surface area contributed by atoms with Crippen LogP contribution in [0.15, 0.2) is 60.7 Å². The first-order chi connectivity index (χ1) is 11.2. The summed E-state index contributed by atoms with van der Waals surface area (Å²) in [5.74, 6) is -0.197. The number of nitrogens with zero attached hydrogens (tertiary/aromatic N) is 1. The molecule has 0 radical (unpaired) electrons. The summed E-state index contributed by atoms with van der Waals surface area (Å²) in [5.41, 5.74) is 2.00. The molecule has 1 aliphatic rings. The Hall–Kier alpha value is -2.62. The number of hydrogen-bond donors (Lipinski definition) is 0. The van der Waals surface area contributed by atoms with Gasteiger partial charge >= 0.3 is 6.09 Å². The minimum absolute atomic E-state index is 0.197. The zero-order chi connectivity index (χ0) is 16.2. The number of amides is 2. The number of hydrogen-bond acceptors (Lipinski definition) is 3. The summed E-state index contributed by atoms with van der Waals surface area (Å²) in [6.07, 6.45) is 0.00380. The lowest BCUT2D eigenvalue weighted by Crippen LogP contribution is -2.35. The molecule has 0 saturated carbocycles. The normalized spacial score (nSPS) is 20.4. The lowest BCUT2D eigenvalue weighted by atomic mass is 10.0. The second-order valence-corrected chi connectivity index (χ2v) is 5.69. The van der Waals surface area contributed by atoms with Gasteiger partial charge in [0.05, 0.1) is 0 Å². The van der Waals surface area contributed by atoms with Crippen molar-refractivity contribution in [3.05, 3.63) is 71.8 Å². The van der Waals surface area contributed by atoms with Gasteiger partial charge in [-0.2, -0.15) is 0 Å². The van der Waals surface area contributed by atoms with Crippen LogP contribution in [-0.2, 0) is 16.0 Å². The minimum atomic E-state index is -0.551. The molecule has 2 atom stereocenters. The van der Waals surface area contributed by atoms with Crippen molar-refractivity contribution in [1.82, 2.24) is 4.90 Å². The minimum Gasteiger partial charge on any atom is -0.443 e. The molecular weight excluding hydrogens is 290 g/mol. The summed E-state index contributed by atoms with van der Waals surface area (Å²) < 4.78 is 5.28. The van der Waals surface area contributed by atoms with Crippen LogP contribution in [0.25, 0.3) is 0 Å². The maximum absolute atomic E-state index is 12.6. The maximum atomic E-state index is 12.6. The second kappa shape index (κ2) is 6.65. The molecule has 0 unspecified atom stereocenters. The Morgan fingerprint density at radius 3 is 2.30 bits per heavy atom. The molecule has 2 amide bonds. The van der Waals surface area contributed by atoms with E-state index in [4.69, 9.17) is 4.74 Å². The van der Waals surface area contributed by atoms with Crippen molar-refractivity contribution in [3.63, 3.8) is 0 Å². The number of carbonyl (C=O) groups excluding carboxylic acids is 2. The Labute approximate surface area is 135 Å². The van der Waals surface area contributed by atoms with Crippen LogP contribution >= 0.6 is 0 Å². The molecule has 0 spiro atoms. The third-order valence-electron chi connectivity index (χ3n) is 4.09. The van der Waals surface area contributed by atoms with E-state index in [1.165, 1.54) is 4.90 Å². The Kier molecular flexibility index (Phi) is 4.42. The van der Waals surface area contributed by atoms with E-state index in [9.17, 15) is 9.59 Å². The van der Waals surface area contributed by atoms with Crippen LogP contribution in [-0.4, -0.2) is 23.0 Å². The van der Waals surface area contributed by atoms with Gasteiger partial charge < -0.3 is 4.74 Å². The second-order valence-electron chi connectivity index (χ2n) is 5.69. The average Bonchev–Trinajstić information content (AvgIpc) is 2.88. The van der Waals surface area contributed by atoms with Crippen molar-refractivity contribution < 1.29 is 14.3 Å². The number of cyclic esters (lactones) is 1. The molecule has 0 N–H and O–H groups in total. The summed E-state index contributed by atoms with van der Waals surface area (Å²) >= 11 is 0. The van der Waals surface area contributed by atoms with Crippen molar-refractivity contribution in [2.24, 2.45) is 0 Å². The van der Waals surface area contributed by atoms with Gasteiger partial charge in [0.1, 0.15) is 12.1 Å². The summed E-state index contributed by atoms with van der Waals surface area (Å²) in [6.45, 7) is 1.82. The van der Waals surface area contributed by atoms with Crippen LogP contribution in [0.5, 0.6) is 0 Å². The van der Waals surface area contributed by atoms with Crippen molar-refractivity contribution in [1.29, 1.82) is 0 Å². The Bertz CT molecular complexity index is 684. The van der Waals surface area contributed by atoms with Gasteiger partial charge in [0.25, 0.3) is 0 Å². The van der Waals surface area contributed by atoms with Gasteiger partial charge in [-0.05, 0) is 24.5 Å². The van der Waals surface area contributed by atoms with Crippen molar-refractivity contribution >= 4 is 12.0 Å². The largest absolute Gasteiger partial charge is 0.443 e. The number of imide groups is 1. The van der Waals surface area contributed by atoms with E-state index < -0.39 is 6.09 Å². The summed E-state index contributed by atoms with van der Waals surface area (Å²) in [5, 5.41) is 0. The number of carbonyl (C=O) groups is 2. The van der Waals surface area contributed by atoms with Crippen molar-refractivity contribution in [3.8, 4) is 0 Å². The molecule has 1 heterocycles. The first kappa shape index (κ1) is 15.3. The zero-order valence-corrected chi connectivity index (χ0v) is 13.0. The molecule has 118 valence electrons. The number of rotatable bonds is 4. The van der Waals surface area contributed by atoms with E-state index in [1.807, 2.05) is 67.6 Å². The van der Waals surface area contributed by atoms with Gasteiger partial charge in [0, 0.05) is 6.42 Å². The molecule has 3 rings (SSSR count). The van der Waals surface area contributed by atoms with Gasteiger partial charge in [-0.3, -0.25) is 4.79 Å². The molecule has 2 aromatic rings. The molecule has 4 heteroatoms. The first-order valence-electron chi connectivity index (χ1n) is 7.78. The third-order valence-corrected chi connectivity index (χ3v) is 4.09. The number of ether oxygens (including phenoxy) is 1. The number of aryl methyl sites for hydroxylation is 1. The van der Waals surface area contributed by atoms with Gasteiger partial charge in [-0.15, -0.1) is 0 Å². The monoisotopic (exact) mass is 309 g/mol. The van der Waals surface area contributed by atoms with Gasteiger partial charge in [-0.25, -0.2) is 9.69 Å². The highest BCUT2D eigenvalue weighted by molar-refractivity contribution is 5.94. The van der Waals surface area contributed by atoms with Gasteiger partial charge in [0.15, 0.2) is 0 Å². The lowest BCUT2D eigenvalue weighted by Gasteiger charge is -2.22. The van der Waals surface area contributed by atoms with E-state index in [0.29, 0.717) is 6.42 Å². The van der Waals surface area contributed by atoms with Gasteiger partial charge in [0.2, 0.25) is 5.91 Å². The molecule has 2 aromatic carbocycles. The fourth-order valence-electron chi connectivity index (χ4n) is 2.95. The Balaban J connectivity index is 1.76. The van der Waals surface area contributed by atoms with E-state index in [1.54, 1.807) is 0 Å². The average molecular weight is 309 g/mol. The van der Waals surface area contributed by atoms with Crippen LogP contribution in [0.2, 0.25) is 0 Å². The summed E-state index contributed by atoms with van der Waals surface area (Å²) in [7, 11) is 0. The van der Waals surface area contributed by atoms with Crippen molar-refractivity contribution in [2.45, 2.75) is 31.9 Å². The summed E-state index contributed by atoms with van der Waals surface area (Å²) in [4.78, 5) is 26.0. The predicted octanol–water partition coefficient (Wildman–Crippen LogP) is 3.73. The standard InChI is InChI=1S/C19H19NO3/c1-14-18(16-10-6-3-7-11-16)20(19(22)23-14)17(21)13-12-15-8-4-2-5-9-15/h2-11,14,18H,12-13H2,1H3/t14-,18-/m1/s1. The van der Waals surface area contributed by atoms with Crippen LogP contribution < -0.4 is 0 Å². The molecule has 0 aliphatic carbocycles. The molecule has 0 bridgehead atoms. The van der Waals surface area contributed by atoms with Gasteiger partial charge in [-0.1, -0.05) is 60.7 Å². The molecular formula is C19H19NO3. The molecule has 1 saturated heterocycles. The molecule has 1 aliphatic heterocycles. The topological polar surface area (TPSA) is 46.6 Å². The van der Waals surface area contributed by atoms with Crippen molar-refractivity contribution in [2.75, 3.05) is 0 Å². The van der Waals surface area contributed by atoms with Crippen LogP contribution in [0, 0.1) is 0 Å². The zero-order valence-electron chi connectivity index (χ0n) is 13.0. The van der Waals surface area contributed by atoms with E-state index >= 15 is 0 Å². The van der Waals surface area contributed by atoms with E-state index in [-0.39, 0.29) is 24.5 Å². The van der Waals surface area contributed by atoms with Crippen LogP contribution in [0.1, 0.15) is 30.5 Å². The first-order valence-corrected chi connectivity index (χ1v) is 7.78. The smallest absolute Gasteiger partial charge is 0.417 e. The number of benzene rings is 2. The highest BCUT2D eigenvalue weighted by Gasteiger charge is 2.43.